The van der Waals surface area contributed by atoms with Gasteiger partial charge in [-0.1, -0.05) is 22.9 Å². The van der Waals surface area contributed by atoms with E-state index in [1.807, 2.05) is 0 Å². The molecule has 3 rings (SSSR count). The molecule has 1 heterocycles. The molecule has 25 heavy (non-hydrogen) atoms. The third-order valence-corrected chi connectivity index (χ3v) is 3.73. The Kier molecular flexibility index (Phi) is 4.44. The van der Waals surface area contributed by atoms with Crippen LogP contribution in [0, 0.1) is 17.0 Å². The van der Waals surface area contributed by atoms with Crippen molar-refractivity contribution in [1.82, 2.24) is 15.0 Å². The van der Waals surface area contributed by atoms with E-state index in [4.69, 9.17) is 11.6 Å². The van der Waals surface area contributed by atoms with Gasteiger partial charge in [-0.2, -0.15) is 0 Å². The summed E-state index contributed by atoms with van der Waals surface area (Å²) in [6, 6.07) is 12.5. The van der Waals surface area contributed by atoms with Crippen molar-refractivity contribution in [3.05, 3.63) is 75.1 Å². The van der Waals surface area contributed by atoms with E-state index < -0.39 is 10.8 Å². The summed E-state index contributed by atoms with van der Waals surface area (Å²) in [5, 5.41) is 21.7. The highest BCUT2D eigenvalue weighted by Gasteiger charge is 2.18. The number of nitrogens with zero attached hydrogens (tertiary/aromatic N) is 4. The Morgan fingerprint density at radius 2 is 1.96 bits per heavy atom. The molecule has 8 nitrogen and oxygen atoms in total. The van der Waals surface area contributed by atoms with Crippen LogP contribution in [0.1, 0.15) is 16.2 Å². The summed E-state index contributed by atoms with van der Waals surface area (Å²) < 4.78 is 1.51. The van der Waals surface area contributed by atoms with Crippen molar-refractivity contribution in [2.75, 3.05) is 5.32 Å². The van der Waals surface area contributed by atoms with Gasteiger partial charge in [-0.15, -0.1) is 5.10 Å². The number of carbonyl (C=O) groups excluding carboxylic acids is 1. The molecule has 3 aromatic rings. The Morgan fingerprint density at radius 3 is 2.60 bits per heavy atom. The van der Waals surface area contributed by atoms with Crippen molar-refractivity contribution in [2.24, 2.45) is 0 Å². The fraction of sp³-hybridized carbons (Fsp3) is 0.0625. The average Bonchev–Trinajstić information content (AvgIpc) is 2.97. The van der Waals surface area contributed by atoms with Crippen molar-refractivity contribution >= 4 is 28.9 Å². The maximum atomic E-state index is 12.4. The highest BCUT2D eigenvalue weighted by atomic mass is 35.5. The van der Waals surface area contributed by atoms with E-state index in [0.29, 0.717) is 22.1 Å². The molecule has 0 aliphatic carbocycles. The number of amides is 1. The molecule has 0 unspecified atom stereocenters. The zero-order valence-corrected chi connectivity index (χ0v) is 13.8. The van der Waals surface area contributed by atoms with Crippen LogP contribution in [0.25, 0.3) is 5.69 Å². The van der Waals surface area contributed by atoms with Crippen LogP contribution < -0.4 is 5.32 Å². The van der Waals surface area contributed by atoms with E-state index >= 15 is 0 Å². The fourth-order valence-corrected chi connectivity index (χ4v) is 2.43. The summed E-state index contributed by atoms with van der Waals surface area (Å²) >= 11 is 5.97. The summed E-state index contributed by atoms with van der Waals surface area (Å²) in [7, 11) is 0. The average molecular weight is 358 g/mol. The van der Waals surface area contributed by atoms with Gasteiger partial charge in [0.1, 0.15) is 0 Å². The minimum Gasteiger partial charge on any atom is -0.321 e. The van der Waals surface area contributed by atoms with E-state index in [9.17, 15) is 14.9 Å². The maximum absolute atomic E-state index is 12.4. The zero-order valence-electron chi connectivity index (χ0n) is 13.0. The van der Waals surface area contributed by atoms with Gasteiger partial charge in [0, 0.05) is 22.8 Å². The monoisotopic (exact) mass is 357 g/mol. The first-order valence-corrected chi connectivity index (χ1v) is 7.57. The molecule has 0 radical (unpaired) electrons. The predicted octanol–water partition coefficient (Wildman–Crippen LogP) is 3.39. The molecule has 0 saturated heterocycles. The minimum absolute atomic E-state index is 0.0546. The van der Waals surface area contributed by atoms with Crippen LogP contribution in [0.2, 0.25) is 5.02 Å². The van der Waals surface area contributed by atoms with Crippen LogP contribution in [-0.4, -0.2) is 25.8 Å². The maximum Gasteiger partial charge on any atom is 0.278 e. The summed E-state index contributed by atoms with van der Waals surface area (Å²) in [5.41, 5.74) is 1.75. The molecule has 126 valence electrons. The number of nitro benzene ring substituents is 1. The predicted molar refractivity (Wildman–Crippen MR) is 92.2 cm³/mol. The number of hydrogen-bond donors (Lipinski definition) is 1. The molecule has 0 spiro atoms. The Labute approximate surface area is 147 Å². The van der Waals surface area contributed by atoms with Gasteiger partial charge in [0.2, 0.25) is 0 Å². The van der Waals surface area contributed by atoms with Crippen molar-refractivity contribution in [1.29, 1.82) is 0 Å². The lowest BCUT2D eigenvalue weighted by Gasteiger charge is -2.05. The number of nitrogens with one attached hydrogen (secondary N) is 1. The second kappa shape index (κ2) is 6.70. The lowest BCUT2D eigenvalue weighted by molar-refractivity contribution is -0.384. The summed E-state index contributed by atoms with van der Waals surface area (Å²) in [4.78, 5) is 22.5. The molecule has 0 fully saturated rings. The molecule has 0 aliphatic rings. The highest BCUT2D eigenvalue weighted by molar-refractivity contribution is 6.30. The van der Waals surface area contributed by atoms with Gasteiger partial charge in [0.15, 0.2) is 5.69 Å². The number of rotatable bonds is 4. The lowest BCUT2D eigenvalue weighted by Crippen LogP contribution is -2.14. The number of non-ortho nitro benzene ring substituents is 1. The number of nitro groups is 1. The second-order valence-electron chi connectivity index (χ2n) is 5.17. The van der Waals surface area contributed by atoms with Gasteiger partial charge in [-0.3, -0.25) is 14.9 Å². The number of halogens is 1. The molecule has 0 saturated carbocycles. The van der Waals surface area contributed by atoms with Crippen molar-refractivity contribution in [2.45, 2.75) is 6.92 Å². The molecule has 0 bridgehead atoms. The Balaban J connectivity index is 1.82. The van der Waals surface area contributed by atoms with Gasteiger partial charge in [0.25, 0.3) is 11.6 Å². The molecule has 2 aromatic carbocycles. The first-order valence-electron chi connectivity index (χ1n) is 7.20. The largest absolute Gasteiger partial charge is 0.321 e. The number of hydrogen-bond acceptors (Lipinski definition) is 5. The normalized spacial score (nSPS) is 10.5. The van der Waals surface area contributed by atoms with Crippen LogP contribution in [0.3, 0.4) is 0 Å². The molecule has 1 aromatic heterocycles. The van der Waals surface area contributed by atoms with E-state index in [1.165, 1.54) is 28.9 Å². The number of benzene rings is 2. The first-order chi connectivity index (χ1) is 12.0. The second-order valence-corrected chi connectivity index (χ2v) is 5.61. The third kappa shape index (κ3) is 3.48. The first kappa shape index (κ1) is 16.6. The van der Waals surface area contributed by atoms with Gasteiger partial charge in [-0.05, 0) is 37.3 Å². The molecule has 0 atom stereocenters. The van der Waals surface area contributed by atoms with E-state index in [-0.39, 0.29) is 11.4 Å². The smallest absolute Gasteiger partial charge is 0.278 e. The Bertz CT molecular complexity index is 953. The molecular weight excluding hydrogens is 346 g/mol. The standard InChI is InChI=1S/C16H12ClN5O3/c1-10-15(19-20-21(10)14-4-2-3-11(17)9-14)16(23)18-12-5-7-13(8-6-12)22(24)25/h2-9H,1H3,(H,18,23). The topological polar surface area (TPSA) is 103 Å². The van der Waals surface area contributed by atoms with Crippen LogP contribution in [-0.2, 0) is 0 Å². The number of aromatic nitrogens is 3. The number of carbonyl (C=O) groups is 1. The molecule has 9 heteroatoms. The summed E-state index contributed by atoms with van der Waals surface area (Å²) in [6.45, 7) is 1.71. The summed E-state index contributed by atoms with van der Waals surface area (Å²) in [5.74, 6) is -0.459. The summed E-state index contributed by atoms with van der Waals surface area (Å²) in [6.07, 6.45) is 0. The van der Waals surface area contributed by atoms with Gasteiger partial charge < -0.3 is 5.32 Å². The molecule has 1 amide bonds. The third-order valence-electron chi connectivity index (χ3n) is 3.50. The zero-order chi connectivity index (χ0) is 18.0. The quantitative estimate of drug-likeness (QED) is 0.569. The van der Waals surface area contributed by atoms with Gasteiger partial charge in [-0.25, -0.2) is 4.68 Å². The van der Waals surface area contributed by atoms with Crippen molar-refractivity contribution in [3.63, 3.8) is 0 Å². The number of anilines is 1. The molecular formula is C16H12ClN5O3. The molecule has 1 N–H and O–H groups in total. The van der Waals surface area contributed by atoms with Crippen molar-refractivity contribution in [3.8, 4) is 5.69 Å². The fourth-order valence-electron chi connectivity index (χ4n) is 2.25. The van der Waals surface area contributed by atoms with Crippen LogP contribution in [0.15, 0.2) is 48.5 Å². The highest BCUT2D eigenvalue weighted by Crippen LogP contribution is 2.19. The van der Waals surface area contributed by atoms with Crippen LogP contribution in [0.5, 0.6) is 0 Å². The van der Waals surface area contributed by atoms with E-state index in [2.05, 4.69) is 15.6 Å². The Hall–Kier alpha value is -3.26. The van der Waals surface area contributed by atoms with E-state index in [0.717, 1.165) is 0 Å². The molecule has 0 aliphatic heterocycles. The van der Waals surface area contributed by atoms with Crippen molar-refractivity contribution < 1.29 is 9.72 Å². The van der Waals surface area contributed by atoms with Crippen LogP contribution >= 0.6 is 11.6 Å². The van der Waals surface area contributed by atoms with Crippen LogP contribution in [0.4, 0.5) is 11.4 Å². The SMILES string of the molecule is Cc1c(C(=O)Nc2ccc([N+](=O)[O-])cc2)nnn1-c1cccc(Cl)c1. The van der Waals surface area contributed by atoms with E-state index in [1.54, 1.807) is 31.2 Å². The minimum atomic E-state index is -0.508. The van der Waals surface area contributed by atoms with Gasteiger partial charge in [0.05, 0.1) is 16.3 Å². The van der Waals surface area contributed by atoms with Gasteiger partial charge >= 0.3 is 0 Å². The lowest BCUT2D eigenvalue weighted by atomic mass is 10.2. The Morgan fingerprint density at radius 1 is 1.24 bits per heavy atom.